The highest BCUT2D eigenvalue weighted by Gasteiger charge is 2.14. The molecule has 0 saturated heterocycles. The second kappa shape index (κ2) is 5.01. The number of nitrogen functional groups attached to an aromatic ring is 1. The van der Waals surface area contributed by atoms with Gasteiger partial charge in [-0.05, 0) is 25.8 Å². The molecule has 0 aliphatic rings. The number of rotatable bonds is 4. The maximum Gasteiger partial charge on any atom is 0.0738 e. The van der Waals surface area contributed by atoms with Crippen LogP contribution in [0.3, 0.4) is 0 Å². The number of hydrogen-bond acceptors (Lipinski definition) is 3. The average molecular weight is 207 g/mol. The minimum absolute atomic E-state index is 0.456. The fraction of sp³-hybridized carbons (Fsp3) is 0.583. The van der Waals surface area contributed by atoms with Gasteiger partial charge in [-0.3, -0.25) is 4.98 Å². The van der Waals surface area contributed by atoms with Crippen LogP contribution in [0.5, 0.6) is 0 Å². The van der Waals surface area contributed by atoms with E-state index in [2.05, 4.69) is 37.6 Å². The Morgan fingerprint density at radius 3 is 2.47 bits per heavy atom. The Morgan fingerprint density at radius 1 is 1.33 bits per heavy atom. The minimum atomic E-state index is 0.456. The summed E-state index contributed by atoms with van der Waals surface area (Å²) in [4.78, 5) is 6.34. The van der Waals surface area contributed by atoms with E-state index in [4.69, 9.17) is 5.73 Å². The zero-order chi connectivity index (χ0) is 11.4. The van der Waals surface area contributed by atoms with Crippen LogP contribution in [0.25, 0.3) is 0 Å². The highest BCUT2D eigenvalue weighted by atomic mass is 15.2. The first-order valence-electron chi connectivity index (χ1n) is 5.48. The van der Waals surface area contributed by atoms with Crippen LogP contribution in [0.2, 0.25) is 0 Å². The van der Waals surface area contributed by atoms with E-state index in [0.29, 0.717) is 12.0 Å². The lowest BCUT2D eigenvalue weighted by Crippen LogP contribution is -2.34. The van der Waals surface area contributed by atoms with Crippen molar-refractivity contribution in [3.05, 3.63) is 18.5 Å². The van der Waals surface area contributed by atoms with Gasteiger partial charge in [-0.15, -0.1) is 0 Å². The molecule has 1 heterocycles. The number of hydrogen-bond donors (Lipinski definition) is 1. The second-order valence-corrected chi connectivity index (χ2v) is 4.57. The van der Waals surface area contributed by atoms with Gasteiger partial charge in [-0.1, -0.05) is 13.8 Å². The van der Waals surface area contributed by atoms with E-state index in [-0.39, 0.29) is 0 Å². The fourth-order valence-electron chi connectivity index (χ4n) is 1.64. The van der Waals surface area contributed by atoms with Gasteiger partial charge in [0.15, 0.2) is 0 Å². The molecule has 3 heteroatoms. The molecule has 1 aromatic heterocycles. The van der Waals surface area contributed by atoms with Crippen molar-refractivity contribution in [3.63, 3.8) is 0 Å². The summed E-state index contributed by atoms with van der Waals surface area (Å²) >= 11 is 0. The Morgan fingerprint density at radius 2 is 2.00 bits per heavy atom. The van der Waals surface area contributed by atoms with Crippen LogP contribution >= 0.6 is 0 Å². The van der Waals surface area contributed by atoms with Crippen molar-refractivity contribution < 1.29 is 0 Å². The summed E-state index contributed by atoms with van der Waals surface area (Å²) in [5.74, 6) is 0.625. The maximum absolute atomic E-state index is 5.93. The van der Waals surface area contributed by atoms with Gasteiger partial charge in [-0.25, -0.2) is 0 Å². The molecule has 0 aromatic carbocycles. The maximum atomic E-state index is 5.93. The molecule has 1 rings (SSSR count). The first-order valence-corrected chi connectivity index (χ1v) is 5.48. The van der Waals surface area contributed by atoms with Crippen molar-refractivity contribution in [2.75, 3.05) is 17.2 Å². The predicted molar refractivity (Wildman–Crippen MR) is 66.0 cm³/mol. The molecule has 0 aliphatic heterocycles. The molecule has 1 aromatic rings. The quantitative estimate of drug-likeness (QED) is 0.825. The Labute approximate surface area is 92.3 Å². The van der Waals surface area contributed by atoms with Crippen LogP contribution < -0.4 is 10.6 Å². The van der Waals surface area contributed by atoms with Gasteiger partial charge in [0.25, 0.3) is 0 Å². The van der Waals surface area contributed by atoms with Crippen molar-refractivity contribution in [1.82, 2.24) is 4.98 Å². The van der Waals surface area contributed by atoms with Crippen molar-refractivity contribution in [2.45, 2.75) is 33.7 Å². The number of anilines is 2. The van der Waals surface area contributed by atoms with Crippen molar-refractivity contribution in [1.29, 1.82) is 0 Å². The molecule has 3 nitrogen and oxygen atoms in total. The third-order valence-corrected chi connectivity index (χ3v) is 2.32. The van der Waals surface area contributed by atoms with Gasteiger partial charge in [0, 0.05) is 18.8 Å². The van der Waals surface area contributed by atoms with Crippen molar-refractivity contribution >= 4 is 11.4 Å². The predicted octanol–water partition coefficient (Wildman–Crippen LogP) is 2.53. The Balaban J connectivity index is 2.94. The molecule has 0 fully saturated rings. The van der Waals surface area contributed by atoms with Crippen LogP contribution in [-0.2, 0) is 0 Å². The van der Waals surface area contributed by atoms with Crippen LogP contribution in [0.15, 0.2) is 18.5 Å². The van der Waals surface area contributed by atoms with Gasteiger partial charge < -0.3 is 10.6 Å². The molecule has 0 bridgehead atoms. The summed E-state index contributed by atoms with van der Waals surface area (Å²) in [5, 5.41) is 0. The molecule has 0 spiro atoms. The van der Waals surface area contributed by atoms with E-state index in [9.17, 15) is 0 Å². The van der Waals surface area contributed by atoms with Crippen molar-refractivity contribution in [3.8, 4) is 0 Å². The largest absolute Gasteiger partial charge is 0.396 e. The lowest BCUT2D eigenvalue weighted by molar-refractivity contribution is 0.571. The zero-order valence-electron chi connectivity index (χ0n) is 10.1. The number of nitrogens with two attached hydrogens (primary N) is 1. The first-order chi connectivity index (χ1) is 7.02. The topological polar surface area (TPSA) is 42.2 Å². The average Bonchev–Trinajstić information content (AvgIpc) is 2.15. The lowest BCUT2D eigenvalue weighted by Gasteiger charge is -2.31. The molecule has 2 N–H and O–H groups in total. The standard InChI is InChI=1S/C12H21N3/c1-9(2)8-15(10(3)4)12-5-6-14-7-11(12)13/h5-7,9-10H,8,13H2,1-4H3. The molecule has 15 heavy (non-hydrogen) atoms. The molecule has 0 aliphatic carbocycles. The molecular weight excluding hydrogens is 186 g/mol. The summed E-state index contributed by atoms with van der Waals surface area (Å²) in [6, 6.07) is 2.44. The minimum Gasteiger partial charge on any atom is -0.396 e. The number of aromatic nitrogens is 1. The van der Waals surface area contributed by atoms with Crippen LogP contribution in [0.4, 0.5) is 11.4 Å². The third-order valence-electron chi connectivity index (χ3n) is 2.32. The third kappa shape index (κ3) is 3.11. The molecule has 0 radical (unpaired) electrons. The fourth-order valence-corrected chi connectivity index (χ4v) is 1.64. The summed E-state index contributed by atoms with van der Waals surface area (Å²) in [7, 11) is 0. The lowest BCUT2D eigenvalue weighted by atomic mass is 10.1. The van der Waals surface area contributed by atoms with Gasteiger partial charge in [0.2, 0.25) is 0 Å². The molecule has 84 valence electrons. The first kappa shape index (κ1) is 11.8. The van der Waals surface area contributed by atoms with E-state index in [0.717, 1.165) is 17.9 Å². The smallest absolute Gasteiger partial charge is 0.0738 e. The van der Waals surface area contributed by atoms with Crippen molar-refractivity contribution in [2.24, 2.45) is 5.92 Å². The highest BCUT2D eigenvalue weighted by Crippen LogP contribution is 2.24. The second-order valence-electron chi connectivity index (χ2n) is 4.57. The monoisotopic (exact) mass is 207 g/mol. The summed E-state index contributed by atoms with van der Waals surface area (Å²) in [6.45, 7) is 9.82. The van der Waals surface area contributed by atoms with E-state index >= 15 is 0 Å². The molecular formula is C12H21N3. The molecule has 0 saturated carbocycles. The van der Waals surface area contributed by atoms with Gasteiger partial charge in [0.1, 0.15) is 0 Å². The molecule has 0 amide bonds. The van der Waals surface area contributed by atoms with Crippen LogP contribution in [0.1, 0.15) is 27.7 Å². The van der Waals surface area contributed by atoms with Crippen LogP contribution in [-0.4, -0.2) is 17.6 Å². The SMILES string of the molecule is CC(C)CN(c1ccncc1N)C(C)C. The zero-order valence-corrected chi connectivity index (χ0v) is 10.1. The van der Waals surface area contributed by atoms with E-state index in [1.54, 1.807) is 12.4 Å². The number of nitrogens with zero attached hydrogens (tertiary/aromatic N) is 2. The highest BCUT2D eigenvalue weighted by molar-refractivity contribution is 5.66. The summed E-state index contributed by atoms with van der Waals surface area (Å²) < 4.78 is 0. The molecule has 0 unspecified atom stereocenters. The van der Waals surface area contributed by atoms with E-state index in [1.165, 1.54) is 0 Å². The van der Waals surface area contributed by atoms with Gasteiger partial charge in [0.05, 0.1) is 17.6 Å². The molecule has 0 atom stereocenters. The Hall–Kier alpha value is -1.25. The van der Waals surface area contributed by atoms with Gasteiger partial charge in [-0.2, -0.15) is 0 Å². The summed E-state index contributed by atoms with van der Waals surface area (Å²) in [5.41, 5.74) is 7.78. The van der Waals surface area contributed by atoms with Crippen LogP contribution in [0, 0.1) is 5.92 Å². The normalized spacial score (nSPS) is 11.1. The van der Waals surface area contributed by atoms with Gasteiger partial charge >= 0.3 is 0 Å². The number of pyridine rings is 1. The van der Waals surface area contributed by atoms with E-state index in [1.807, 2.05) is 6.07 Å². The van der Waals surface area contributed by atoms with E-state index < -0.39 is 0 Å². The Bertz CT molecular complexity index is 307. The summed E-state index contributed by atoms with van der Waals surface area (Å²) in [6.07, 6.45) is 3.51. The Kier molecular flexibility index (Phi) is 3.95.